The molecule has 1 amide bonds. The van der Waals surface area contributed by atoms with Crippen LogP contribution in [0.15, 0.2) is 70.6 Å². The Labute approximate surface area is 197 Å². The van der Waals surface area contributed by atoms with Crippen molar-refractivity contribution in [1.29, 1.82) is 0 Å². The van der Waals surface area contributed by atoms with E-state index in [9.17, 15) is 4.79 Å². The van der Waals surface area contributed by atoms with Gasteiger partial charge in [-0.1, -0.05) is 48.2 Å². The molecule has 2 heterocycles. The second-order valence-corrected chi connectivity index (χ2v) is 10.3. The summed E-state index contributed by atoms with van der Waals surface area (Å²) in [4.78, 5) is 17.6. The lowest BCUT2D eigenvalue weighted by molar-refractivity contribution is 0.0240. The number of nitrogens with one attached hydrogen (secondary N) is 1. The number of anilines is 1. The molecule has 0 spiro atoms. The molecule has 3 aromatic carbocycles. The van der Waals surface area contributed by atoms with Crippen LogP contribution in [0, 0.1) is 0 Å². The third kappa shape index (κ3) is 4.64. The number of carbonyl (C=O) groups is 1. The van der Waals surface area contributed by atoms with Crippen molar-refractivity contribution in [3.63, 3.8) is 0 Å². The van der Waals surface area contributed by atoms with Crippen molar-refractivity contribution in [2.75, 3.05) is 31.1 Å². The predicted molar refractivity (Wildman–Crippen MR) is 134 cm³/mol. The Hall–Kier alpha value is -3.19. The van der Waals surface area contributed by atoms with Gasteiger partial charge in [-0.25, -0.2) is 4.79 Å². The van der Waals surface area contributed by atoms with Crippen molar-refractivity contribution in [2.45, 2.75) is 36.3 Å². The number of H-pyrrole nitrogens is 1. The Morgan fingerprint density at radius 2 is 1.73 bits per heavy atom. The van der Waals surface area contributed by atoms with E-state index in [-0.39, 0.29) is 6.09 Å². The number of carbonyl (C=O) groups excluding carboxylic acids is 1. The number of rotatable bonds is 3. The molecule has 1 aliphatic heterocycles. The zero-order valence-corrected chi connectivity index (χ0v) is 20.0. The summed E-state index contributed by atoms with van der Waals surface area (Å²) in [7, 11) is 0. The van der Waals surface area contributed by atoms with Gasteiger partial charge in [0.1, 0.15) is 10.6 Å². The number of fused-ring (bicyclic) bond motifs is 2. The topological polar surface area (TPSA) is 61.5 Å². The van der Waals surface area contributed by atoms with Gasteiger partial charge in [-0.3, -0.25) is 5.10 Å². The van der Waals surface area contributed by atoms with Gasteiger partial charge >= 0.3 is 6.09 Å². The molecule has 1 saturated heterocycles. The number of nitrogens with zero attached hydrogens (tertiary/aromatic N) is 3. The second-order valence-electron chi connectivity index (χ2n) is 9.29. The van der Waals surface area contributed by atoms with E-state index in [2.05, 4.69) is 75.8 Å². The van der Waals surface area contributed by atoms with Gasteiger partial charge in [0.25, 0.3) is 0 Å². The molecule has 0 unspecified atom stereocenters. The highest BCUT2D eigenvalue weighted by atomic mass is 32.2. The Balaban J connectivity index is 1.30. The van der Waals surface area contributed by atoms with Gasteiger partial charge in [0.15, 0.2) is 0 Å². The first-order valence-corrected chi connectivity index (χ1v) is 12.1. The zero-order valence-electron chi connectivity index (χ0n) is 19.2. The lowest BCUT2D eigenvalue weighted by Crippen LogP contribution is -2.50. The van der Waals surface area contributed by atoms with Crippen molar-refractivity contribution in [1.82, 2.24) is 15.1 Å². The quantitative estimate of drug-likeness (QED) is 0.411. The molecule has 1 fully saturated rings. The van der Waals surface area contributed by atoms with Crippen LogP contribution in [-0.4, -0.2) is 53.0 Å². The first-order valence-electron chi connectivity index (χ1n) is 11.2. The first-order chi connectivity index (χ1) is 15.9. The molecule has 4 aromatic rings. The van der Waals surface area contributed by atoms with Gasteiger partial charge in [0.05, 0.1) is 5.52 Å². The molecule has 0 aliphatic carbocycles. The van der Waals surface area contributed by atoms with Crippen LogP contribution in [0.25, 0.3) is 21.7 Å². The molecular weight excluding hydrogens is 432 g/mol. The van der Waals surface area contributed by atoms with Gasteiger partial charge < -0.3 is 14.5 Å². The monoisotopic (exact) mass is 460 g/mol. The fourth-order valence-corrected chi connectivity index (χ4v) is 5.15. The first kappa shape index (κ1) is 21.6. The summed E-state index contributed by atoms with van der Waals surface area (Å²) >= 11 is 1.69. The number of benzene rings is 3. The number of aromatic amines is 1. The molecule has 1 N–H and O–H groups in total. The Kier molecular flexibility index (Phi) is 5.66. The fourth-order valence-electron chi connectivity index (χ4n) is 4.12. The standard InChI is InChI=1S/C26H28N4O2S/c1-26(2,3)32-25(31)30-15-13-29(14-16-30)19-11-12-21-22(17-19)27-28-24(21)33-23-10-6-8-18-7-4-5-9-20(18)23/h4-12,17H,13-16H2,1-3H3,(H,27,28). The number of hydrogen-bond acceptors (Lipinski definition) is 5. The SMILES string of the molecule is CC(C)(C)OC(=O)N1CCN(c2ccc3c(Sc4cccc5ccccc45)n[nH]c3c2)CC1. The van der Waals surface area contributed by atoms with E-state index in [0.717, 1.165) is 34.7 Å². The van der Waals surface area contributed by atoms with Crippen LogP contribution in [0.5, 0.6) is 0 Å². The number of ether oxygens (including phenoxy) is 1. The normalized spacial score (nSPS) is 14.8. The van der Waals surface area contributed by atoms with E-state index in [1.165, 1.54) is 15.7 Å². The third-order valence-corrected chi connectivity index (χ3v) is 6.84. The Morgan fingerprint density at radius 3 is 2.52 bits per heavy atom. The molecule has 170 valence electrons. The Bertz CT molecular complexity index is 1300. The number of amides is 1. The van der Waals surface area contributed by atoms with Crippen LogP contribution in [0.2, 0.25) is 0 Å². The number of piperazine rings is 1. The minimum absolute atomic E-state index is 0.235. The third-order valence-electron chi connectivity index (χ3n) is 5.76. The lowest BCUT2D eigenvalue weighted by atomic mass is 10.1. The van der Waals surface area contributed by atoms with Crippen LogP contribution < -0.4 is 4.90 Å². The van der Waals surface area contributed by atoms with Gasteiger partial charge in [0, 0.05) is 42.1 Å². The second kappa shape index (κ2) is 8.63. The van der Waals surface area contributed by atoms with Crippen molar-refractivity contribution in [2.24, 2.45) is 0 Å². The largest absolute Gasteiger partial charge is 0.444 e. The summed E-state index contributed by atoms with van der Waals surface area (Å²) in [5, 5.41) is 12.4. The van der Waals surface area contributed by atoms with Crippen molar-refractivity contribution in [3.8, 4) is 0 Å². The molecule has 0 radical (unpaired) electrons. The molecular formula is C26H28N4O2S. The minimum Gasteiger partial charge on any atom is -0.444 e. The highest BCUT2D eigenvalue weighted by molar-refractivity contribution is 7.99. The van der Waals surface area contributed by atoms with Crippen LogP contribution in [-0.2, 0) is 4.74 Å². The molecule has 5 rings (SSSR count). The predicted octanol–water partition coefficient (Wildman–Crippen LogP) is 5.92. The average molecular weight is 461 g/mol. The molecule has 6 nitrogen and oxygen atoms in total. The highest BCUT2D eigenvalue weighted by Gasteiger charge is 2.26. The molecule has 0 saturated carbocycles. The van der Waals surface area contributed by atoms with E-state index in [1.807, 2.05) is 20.8 Å². The molecule has 1 aliphatic rings. The highest BCUT2D eigenvalue weighted by Crippen LogP contribution is 2.36. The Morgan fingerprint density at radius 1 is 0.970 bits per heavy atom. The lowest BCUT2D eigenvalue weighted by Gasteiger charge is -2.36. The summed E-state index contributed by atoms with van der Waals surface area (Å²) in [6.45, 7) is 8.54. The van der Waals surface area contributed by atoms with Crippen LogP contribution >= 0.6 is 11.8 Å². The van der Waals surface area contributed by atoms with Crippen LogP contribution in [0.3, 0.4) is 0 Å². The summed E-state index contributed by atoms with van der Waals surface area (Å²) in [5.41, 5.74) is 1.68. The molecule has 7 heteroatoms. The number of hydrogen-bond donors (Lipinski definition) is 1. The van der Waals surface area contributed by atoms with E-state index in [0.29, 0.717) is 13.1 Å². The maximum Gasteiger partial charge on any atom is 0.410 e. The van der Waals surface area contributed by atoms with Crippen molar-refractivity contribution in [3.05, 3.63) is 60.7 Å². The summed E-state index contributed by atoms with van der Waals surface area (Å²) in [6, 6.07) is 21.2. The van der Waals surface area contributed by atoms with Gasteiger partial charge in [-0.2, -0.15) is 5.10 Å². The van der Waals surface area contributed by atoms with Gasteiger partial charge in [-0.05, 0) is 55.8 Å². The maximum atomic E-state index is 12.3. The van der Waals surface area contributed by atoms with Gasteiger partial charge in [-0.15, -0.1) is 0 Å². The summed E-state index contributed by atoms with van der Waals surface area (Å²) in [6.07, 6.45) is -0.235. The average Bonchev–Trinajstić information content (AvgIpc) is 3.20. The minimum atomic E-state index is -0.471. The molecule has 1 aromatic heterocycles. The number of aromatic nitrogens is 2. The molecule has 0 atom stereocenters. The van der Waals surface area contributed by atoms with Gasteiger partial charge in [0.2, 0.25) is 0 Å². The molecule has 0 bridgehead atoms. The van der Waals surface area contributed by atoms with E-state index < -0.39 is 5.60 Å². The smallest absolute Gasteiger partial charge is 0.410 e. The van der Waals surface area contributed by atoms with E-state index >= 15 is 0 Å². The van der Waals surface area contributed by atoms with E-state index in [1.54, 1.807) is 16.7 Å². The van der Waals surface area contributed by atoms with E-state index in [4.69, 9.17) is 4.74 Å². The summed E-state index contributed by atoms with van der Waals surface area (Å²) < 4.78 is 5.51. The van der Waals surface area contributed by atoms with Crippen LogP contribution in [0.4, 0.5) is 10.5 Å². The van der Waals surface area contributed by atoms with Crippen molar-refractivity contribution >= 4 is 45.2 Å². The molecule has 33 heavy (non-hydrogen) atoms. The summed E-state index contributed by atoms with van der Waals surface area (Å²) in [5.74, 6) is 0. The fraction of sp³-hybridized carbons (Fsp3) is 0.308. The van der Waals surface area contributed by atoms with Crippen LogP contribution in [0.1, 0.15) is 20.8 Å². The van der Waals surface area contributed by atoms with Crippen molar-refractivity contribution < 1.29 is 9.53 Å². The maximum absolute atomic E-state index is 12.3. The zero-order chi connectivity index (χ0) is 23.0.